The van der Waals surface area contributed by atoms with E-state index in [1.165, 1.54) is 6.92 Å². The van der Waals surface area contributed by atoms with Gasteiger partial charge in [-0.15, -0.1) is 11.3 Å². The van der Waals surface area contributed by atoms with E-state index in [0.717, 1.165) is 17.4 Å². The van der Waals surface area contributed by atoms with Crippen LogP contribution in [0.1, 0.15) is 31.1 Å². The minimum atomic E-state index is -1.34. The second-order valence-electron chi connectivity index (χ2n) is 9.75. The van der Waals surface area contributed by atoms with Gasteiger partial charge in [-0.3, -0.25) is 4.79 Å². The van der Waals surface area contributed by atoms with Crippen molar-refractivity contribution < 1.29 is 23.4 Å². The molecule has 3 aromatic rings. The smallest absolute Gasteiger partial charge is 0.354 e. The maximum atomic E-state index is 15.6. The van der Waals surface area contributed by atoms with Crippen LogP contribution in [0.15, 0.2) is 21.6 Å². The molecule has 7 nitrogen and oxygen atoms in total. The molecule has 1 unspecified atom stereocenters. The molecule has 1 N–H and O–H groups in total. The SMILES string of the molecule is CC1(C(=O)O)CCCc2c1oc(=O)c1sc(-c3cnn(COCC[Si](C)(C)C)c3)c(F)c21. The summed E-state index contributed by atoms with van der Waals surface area (Å²) in [7, 11) is -1.18. The lowest BCUT2D eigenvalue weighted by Crippen LogP contribution is -2.37. The highest BCUT2D eigenvalue weighted by Crippen LogP contribution is 2.44. The van der Waals surface area contributed by atoms with E-state index in [0.29, 0.717) is 37.0 Å². The van der Waals surface area contributed by atoms with Crippen LogP contribution in [0.5, 0.6) is 0 Å². The number of nitrogens with zero attached hydrogens (tertiary/aromatic N) is 2. The van der Waals surface area contributed by atoms with Crippen LogP contribution in [0.2, 0.25) is 25.7 Å². The number of fused-ring (bicyclic) bond motifs is 3. The van der Waals surface area contributed by atoms with Gasteiger partial charge in [0.15, 0.2) is 0 Å². The van der Waals surface area contributed by atoms with Gasteiger partial charge in [0.2, 0.25) is 0 Å². The lowest BCUT2D eigenvalue weighted by Gasteiger charge is -2.30. The summed E-state index contributed by atoms with van der Waals surface area (Å²) >= 11 is 1.01. The molecule has 0 bridgehead atoms. The molecule has 172 valence electrons. The summed E-state index contributed by atoms with van der Waals surface area (Å²) in [6.07, 6.45) is 4.63. The molecule has 0 aliphatic heterocycles. The summed E-state index contributed by atoms with van der Waals surface area (Å²) in [6.45, 7) is 9.28. The van der Waals surface area contributed by atoms with Gasteiger partial charge in [0, 0.05) is 37.4 Å². The number of hydrogen-bond acceptors (Lipinski definition) is 6. The molecule has 3 heterocycles. The topological polar surface area (TPSA) is 94.6 Å². The largest absolute Gasteiger partial charge is 0.480 e. The molecule has 3 aromatic heterocycles. The minimum absolute atomic E-state index is 0.0727. The highest BCUT2D eigenvalue weighted by molar-refractivity contribution is 7.22. The molecule has 1 aliphatic rings. The van der Waals surface area contributed by atoms with Gasteiger partial charge >= 0.3 is 11.6 Å². The zero-order valence-electron chi connectivity index (χ0n) is 18.7. The predicted octanol–water partition coefficient (Wildman–Crippen LogP) is 4.85. The number of rotatable bonds is 7. The maximum Gasteiger partial charge on any atom is 0.354 e. The Kier molecular flexibility index (Phi) is 5.89. The Morgan fingerprint density at radius 2 is 2.19 bits per heavy atom. The molecule has 10 heteroatoms. The minimum Gasteiger partial charge on any atom is -0.480 e. The van der Waals surface area contributed by atoms with Crippen LogP contribution in [-0.2, 0) is 28.1 Å². The van der Waals surface area contributed by atoms with Gasteiger partial charge in [0.25, 0.3) is 0 Å². The zero-order valence-corrected chi connectivity index (χ0v) is 20.5. The molecule has 0 saturated carbocycles. The van der Waals surface area contributed by atoms with Gasteiger partial charge in [-0.25, -0.2) is 13.9 Å². The van der Waals surface area contributed by atoms with Crippen LogP contribution < -0.4 is 5.63 Å². The first-order valence-electron chi connectivity index (χ1n) is 10.6. The van der Waals surface area contributed by atoms with Crippen molar-refractivity contribution in [1.82, 2.24) is 9.78 Å². The van der Waals surface area contributed by atoms with Crippen molar-refractivity contribution in [3.05, 3.63) is 40.0 Å². The molecule has 4 rings (SSSR count). The van der Waals surface area contributed by atoms with Crippen molar-refractivity contribution in [2.24, 2.45) is 0 Å². The lowest BCUT2D eigenvalue weighted by molar-refractivity contribution is -0.144. The van der Waals surface area contributed by atoms with Crippen LogP contribution >= 0.6 is 11.3 Å². The van der Waals surface area contributed by atoms with Crippen LogP contribution in [0.3, 0.4) is 0 Å². The van der Waals surface area contributed by atoms with E-state index in [9.17, 15) is 14.7 Å². The Morgan fingerprint density at radius 1 is 1.44 bits per heavy atom. The van der Waals surface area contributed by atoms with E-state index in [1.807, 2.05) is 0 Å². The number of carbonyl (C=O) groups is 1. The Balaban J connectivity index is 1.68. The number of carboxylic acid groups (broad SMARTS) is 1. The van der Waals surface area contributed by atoms with Gasteiger partial charge in [-0.1, -0.05) is 19.6 Å². The number of hydrogen-bond donors (Lipinski definition) is 1. The molecule has 0 amide bonds. The predicted molar refractivity (Wildman–Crippen MR) is 124 cm³/mol. The van der Waals surface area contributed by atoms with Crippen molar-refractivity contribution in [2.75, 3.05) is 6.61 Å². The van der Waals surface area contributed by atoms with E-state index < -0.39 is 30.9 Å². The van der Waals surface area contributed by atoms with Gasteiger partial charge in [-0.05, 0) is 32.2 Å². The second-order valence-corrected chi connectivity index (χ2v) is 16.4. The number of halogens is 1. The molecular weight excluding hydrogens is 451 g/mol. The average molecular weight is 479 g/mol. The molecule has 0 spiro atoms. The van der Waals surface area contributed by atoms with Gasteiger partial charge in [-0.2, -0.15) is 5.10 Å². The molecular formula is C22H27FN2O5SSi. The summed E-state index contributed by atoms with van der Waals surface area (Å²) in [5.74, 6) is -1.53. The Labute approximate surface area is 189 Å². The number of aromatic nitrogens is 2. The molecule has 0 radical (unpaired) electrons. The first-order valence-corrected chi connectivity index (χ1v) is 15.2. The molecule has 1 aliphatic carbocycles. The third-order valence-electron chi connectivity index (χ3n) is 6.00. The van der Waals surface area contributed by atoms with Crippen LogP contribution in [0, 0.1) is 5.82 Å². The van der Waals surface area contributed by atoms with E-state index in [4.69, 9.17) is 9.15 Å². The van der Waals surface area contributed by atoms with Crippen molar-refractivity contribution in [2.45, 2.75) is 64.0 Å². The van der Waals surface area contributed by atoms with Crippen LogP contribution in [-0.4, -0.2) is 35.5 Å². The lowest BCUT2D eigenvalue weighted by atomic mass is 9.74. The maximum absolute atomic E-state index is 15.6. The molecule has 32 heavy (non-hydrogen) atoms. The third-order valence-corrected chi connectivity index (χ3v) is 8.90. The average Bonchev–Trinajstić information content (AvgIpc) is 3.30. The number of carboxylic acids is 1. The summed E-state index contributed by atoms with van der Waals surface area (Å²) in [6, 6.07) is 1.04. The fourth-order valence-corrected chi connectivity index (χ4v) is 5.85. The molecule has 0 fully saturated rings. The van der Waals surface area contributed by atoms with Gasteiger partial charge in [0.1, 0.15) is 28.4 Å². The fourth-order valence-electron chi connectivity index (χ4n) is 4.03. The quantitative estimate of drug-likeness (QED) is 0.385. The second kappa shape index (κ2) is 8.24. The first kappa shape index (κ1) is 22.9. The van der Waals surface area contributed by atoms with Crippen molar-refractivity contribution >= 4 is 35.5 Å². The first-order chi connectivity index (χ1) is 15.0. The monoisotopic (exact) mass is 478 g/mol. The van der Waals surface area contributed by atoms with Crippen molar-refractivity contribution in [3.8, 4) is 10.4 Å². The van der Waals surface area contributed by atoms with E-state index in [2.05, 4.69) is 24.7 Å². The molecule has 0 aromatic carbocycles. The third kappa shape index (κ3) is 4.06. The van der Waals surface area contributed by atoms with Gasteiger partial charge in [0.05, 0.1) is 11.1 Å². The summed E-state index contributed by atoms with van der Waals surface area (Å²) in [5, 5.41) is 14.2. The highest BCUT2D eigenvalue weighted by atomic mass is 32.1. The zero-order chi connectivity index (χ0) is 23.3. The van der Waals surface area contributed by atoms with Crippen LogP contribution in [0.4, 0.5) is 4.39 Å². The Hall–Kier alpha value is -2.30. The summed E-state index contributed by atoms with van der Waals surface area (Å²) in [4.78, 5) is 24.8. The van der Waals surface area contributed by atoms with E-state index in [1.54, 1.807) is 17.1 Å². The van der Waals surface area contributed by atoms with Gasteiger partial charge < -0.3 is 14.3 Å². The fraction of sp³-hybridized carbons (Fsp3) is 0.500. The number of ether oxygens (including phenoxy) is 1. The molecule has 0 saturated heterocycles. The number of aryl methyl sites for hydroxylation is 1. The number of thiophene rings is 1. The van der Waals surface area contributed by atoms with E-state index in [-0.39, 0.29) is 27.5 Å². The van der Waals surface area contributed by atoms with Crippen molar-refractivity contribution in [3.63, 3.8) is 0 Å². The van der Waals surface area contributed by atoms with Crippen molar-refractivity contribution in [1.29, 1.82) is 0 Å². The number of aliphatic carboxylic acids is 1. The van der Waals surface area contributed by atoms with Crippen LogP contribution in [0.25, 0.3) is 20.5 Å². The molecule has 1 atom stereocenters. The summed E-state index contributed by atoms with van der Waals surface area (Å²) in [5.41, 5.74) is -1.02. The Morgan fingerprint density at radius 3 is 2.88 bits per heavy atom. The summed E-state index contributed by atoms with van der Waals surface area (Å²) < 4.78 is 28.5. The highest BCUT2D eigenvalue weighted by Gasteiger charge is 2.43. The van der Waals surface area contributed by atoms with E-state index >= 15 is 4.39 Å². The Bertz CT molecular complexity index is 1240. The normalized spacial score (nSPS) is 18.8. The standard InChI is InChI=1S/C22H27FN2O5SSi/c1-22(21(27)28)7-5-6-14-15-16(23)17(31-18(15)20(26)30-19(14)22)13-10-24-25(11-13)12-29-8-9-32(2,3)4/h10-11H,5-9,12H2,1-4H3,(H,27,28).